The van der Waals surface area contributed by atoms with Crippen LogP contribution in [-0.4, -0.2) is 23.7 Å². The predicted molar refractivity (Wildman–Crippen MR) is 111 cm³/mol. The van der Waals surface area contributed by atoms with Crippen molar-refractivity contribution in [3.05, 3.63) is 58.4 Å². The molecule has 0 saturated carbocycles. The molecule has 0 saturated heterocycles. The van der Waals surface area contributed by atoms with Gasteiger partial charge in [-0.25, -0.2) is 4.98 Å². The van der Waals surface area contributed by atoms with Gasteiger partial charge in [-0.3, -0.25) is 9.79 Å². The second-order valence-corrected chi connectivity index (χ2v) is 7.31. The first kappa shape index (κ1) is 19.1. The average Bonchev–Trinajstić information content (AvgIpc) is 3.02. The molecule has 1 aromatic carbocycles. The van der Waals surface area contributed by atoms with Gasteiger partial charge < -0.3 is 11.1 Å². The molecule has 1 aliphatic heterocycles. The van der Waals surface area contributed by atoms with Crippen LogP contribution in [0, 0.1) is 5.92 Å². The molecule has 0 fully saturated rings. The third-order valence-corrected chi connectivity index (χ3v) is 4.70. The quantitative estimate of drug-likeness (QED) is 0.584. The average molecular weight is 383 g/mol. The van der Waals surface area contributed by atoms with Crippen molar-refractivity contribution >= 4 is 29.3 Å². The van der Waals surface area contributed by atoms with E-state index in [0.29, 0.717) is 28.9 Å². The van der Waals surface area contributed by atoms with Crippen LogP contribution in [0.3, 0.4) is 0 Å². The number of benzene rings is 1. The number of fused-ring (bicyclic) bond motifs is 1. The molecule has 5 nitrogen and oxygen atoms in total. The normalized spacial score (nSPS) is 14.1. The van der Waals surface area contributed by atoms with Gasteiger partial charge in [0.25, 0.3) is 5.91 Å². The SMILES string of the molecule is CC(C)CCN=CC(=CN)c1ccc(Cl)nc1-c1ccc2c(c1)C(=O)NC2. The van der Waals surface area contributed by atoms with Gasteiger partial charge in [-0.05, 0) is 36.1 Å². The van der Waals surface area contributed by atoms with Crippen LogP contribution in [0.4, 0.5) is 0 Å². The summed E-state index contributed by atoms with van der Waals surface area (Å²) < 4.78 is 0. The highest BCUT2D eigenvalue weighted by atomic mass is 35.5. The topological polar surface area (TPSA) is 80.4 Å². The summed E-state index contributed by atoms with van der Waals surface area (Å²) in [6.07, 6.45) is 4.31. The van der Waals surface area contributed by atoms with Gasteiger partial charge in [0.05, 0.1) is 5.69 Å². The Morgan fingerprint density at radius 2 is 2.19 bits per heavy atom. The van der Waals surface area contributed by atoms with E-state index >= 15 is 0 Å². The number of halogens is 1. The van der Waals surface area contributed by atoms with Crippen molar-refractivity contribution < 1.29 is 4.79 Å². The first-order valence-corrected chi connectivity index (χ1v) is 9.37. The van der Waals surface area contributed by atoms with E-state index in [0.717, 1.165) is 35.2 Å². The zero-order chi connectivity index (χ0) is 19.4. The van der Waals surface area contributed by atoms with E-state index in [1.54, 1.807) is 12.3 Å². The molecular formula is C21H23ClN4O. The maximum atomic E-state index is 12.0. The van der Waals surface area contributed by atoms with Crippen molar-refractivity contribution in [3.8, 4) is 11.3 Å². The minimum atomic E-state index is -0.0692. The van der Waals surface area contributed by atoms with Gasteiger partial charge in [-0.2, -0.15) is 0 Å². The fraction of sp³-hybridized carbons (Fsp3) is 0.286. The Morgan fingerprint density at radius 3 is 2.93 bits per heavy atom. The van der Waals surface area contributed by atoms with Crippen LogP contribution in [-0.2, 0) is 6.54 Å². The van der Waals surface area contributed by atoms with Crippen molar-refractivity contribution in [1.29, 1.82) is 0 Å². The van der Waals surface area contributed by atoms with E-state index < -0.39 is 0 Å². The first-order chi connectivity index (χ1) is 13.0. The summed E-state index contributed by atoms with van der Waals surface area (Å²) in [6, 6.07) is 9.35. The highest BCUT2D eigenvalue weighted by Crippen LogP contribution is 2.30. The summed E-state index contributed by atoms with van der Waals surface area (Å²) in [4.78, 5) is 21.0. The molecule has 1 amide bonds. The number of rotatable bonds is 6. The molecule has 0 radical (unpaired) electrons. The van der Waals surface area contributed by atoms with Crippen LogP contribution < -0.4 is 11.1 Å². The van der Waals surface area contributed by atoms with E-state index in [4.69, 9.17) is 17.3 Å². The van der Waals surface area contributed by atoms with E-state index in [1.807, 2.05) is 24.3 Å². The molecular weight excluding hydrogens is 360 g/mol. The summed E-state index contributed by atoms with van der Waals surface area (Å²) in [5.74, 6) is 0.526. The zero-order valence-corrected chi connectivity index (χ0v) is 16.3. The molecule has 3 rings (SSSR count). The summed E-state index contributed by atoms with van der Waals surface area (Å²) in [6.45, 7) is 5.63. The molecule has 0 aliphatic carbocycles. The Kier molecular flexibility index (Phi) is 5.91. The number of hydrogen-bond donors (Lipinski definition) is 2. The maximum absolute atomic E-state index is 12.0. The van der Waals surface area contributed by atoms with Gasteiger partial charge in [0.2, 0.25) is 0 Å². The van der Waals surface area contributed by atoms with Crippen LogP contribution >= 0.6 is 11.6 Å². The van der Waals surface area contributed by atoms with Crippen molar-refractivity contribution in [1.82, 2.24) is 10.3 Å². The minimum absolute atomic E-state index is 0.0692. The number of carbonyl (C=O) groups excluding carboxylic acids is 1. The molecule has 0 spiro atoms. The van der Waals surface area contributed by atoms with E-state index in [2.05, 4.69) is 29.1 Å². The fourth-order valence-corrected chi connectivity index (χ4v) is 3.09. The lowest BCUT2D eigenvalue weighted by Gasteiger charge is -2.11. The van der Waals surface area contributed by atoms with Crippen molar-refractivity contribution in [2.24, 2.45) is 16.6 Å². The Bertz CT molecular complexity index is 918. The smallest absolute Gasteiger partial charge is 0.251 e. The lowest BCUT2D eigenvalue weighted by atomic mass is 9.97. The molecule has 3 N–H and O–H groups in total. The molecule has 140 valence electrons. The number of nitrogens with two attached hydrogens (primary N) is 1. The predicted octanol–water partition coefficient (Wildman–Crippen LogP) is 4.06. The van der Waals surface area contributed by atoms with Crippen LogP contribution in [0.25, 0.3) is 16.8 Å². The standard InChI is InChI=1S/C21H23ClN4O/c1-13(2)7-8-24-11-16(10-23)17-5-6-19(22)26-20(17)14-3-4-15-12-25-21(27)18(15)9-14/h3-6,9-11,13H,7-8,12,23H2,1-2H3,(H,25,27). The Balaban J connectivity index is 1.98. The number of aromatic nitrogens is 1. The Labute approximate surface area is 164 Å². The minimum Gasteiger partial charge on any atom is -0.404 e. The highest BCUT2D eigenvalue weighted by molar-refractivity contribution is 6.29. The van der Waals surface area contributed by atoms with E-state index in [-0.39, 0.29) is 5.91 Å². The number of nitrogens with one attached hydrogen (secondary N) is 1. The van der Waals surface area contributed by atoms with Crippen LogP contribution in [0.15, 0.2) is 41.5 Å². The fourth-order valence-electron chi connectivity index (χ4n) is 2.95. The van der Waals surface area contributed by atoms with Gasteiger partial charge in [0.1, 0.15) is 5.15 Å². The number of aliphatic imine (C=N–C) groups is 1. The highest BCUT2D eigenvalue weighted by Gasteiger charge is 2.20. The number of nitrogens with zero attached hydrogens (tertiary/aromatic N) is 2. The van der Waals surface area contributed by atoms with Gasteiger partial charge in [-0.1, -0.05) is 37.6 Å². The van der Waals surface area contributed by atoms with Crippen LogP contribution in [0.5, 0.6) is 0 Å². The zero-order valence-electron chi connectivity index (χ0n) is 15.5. The van der Waals surface area contributed by atoms with Gasteiger partial charge in [0.15, 0.2) is 0 Å². The molecule has 1 aliphatic rings. The third-order valence-electron chi connectivity index (χ3n) is 4.49. The number of allylic oxidation sites excluding steroid dienone is 1. The summed E-state index contributed by atoms with van der Waals surface area (Å²) in [7, 11) is 0. The van der Waals surface area contributed by atoms with Crippen LogP contribution in [0.1, 0.15) is 41.8 Å². The third kappa shape index (κ3) is 4.37. The van der Waals surface area contributed by atoms with Crippen molar-refractivity contribution in [3.63, 3.8) is 0 Å². The van der Waals surface area contributed by atoms with E-state index in [9.17, 15) is 4.79 Å². The molecule has 0 bridgehead atoms. The molecule has 0 atom stereocenters. The summed E-state index contributed by atoms with van der Waals surface area (Å²) in [5, 5.41) is 3.21. The molecule has 2 heterocycles. The second kappa shape index (κ2) is 8.35. The second-order valence-electron chi connectivity index (χ2n) is 6.92. The van der Waals surface area contributed by atoms with Gasteiger partial charge >= 0.3 is 0 Å². The van der Waals surface area contributed by atoms with Crippen molar-refractivity contribution in [2.45, 2.75) is 26.8 Å². The van der Waals surface area contributed by atoms with Gasteiger partial charge in [-0.15, -0.1) is 0 Å². The summed E-state index contributed by atoms with van der Waals surface area (Å²) in [5.41, 5.74) is 10.6. The van der Waals surface area contributed by atoms with E-state index in [1.165, 1.54) is 6.20 Å². The maximum Gasteiger partial charge on any atom is 0.251 e. The molecule has 6 heteroatoms. The Hall–Kier alpha value is -2.66. The lowest BCUT2D eigenvalue weighted by molar-refractivity contribution is 0.0966. The first-order valence-electron chi connectivity index (χ1n) is 8.99. The Morgan fingerprint density at radius 1 is 1.37 bits per heavy atom. The van der Waals surface area contributed by atoms with Gasteiger partial charge in [0, 0.05) is 47.8 Å². The molecule has 2 aromatic rings. The van der Waals surface area contributed by atoms with Crippen LogP contribution in [0.2, 0.25) is 5.15 Å². The summed E-state index contributed by atoms with van der Waals surface area (Å²) >= 11 is 6.15. The number of pyridine rings is 1. The van der Waals surface area contributed by atoms with Crippen molar-refractivity contribution in [2.75, 3.05) is 6.54 Å². The number of hydrogen-bond acceptors (Lipinski definition) is 4. The molecule has 27 heavy (non-hydrogen) atoms. The lowest BCUT2D eigenvalue weighted by Crippen LogP contribution is -2.12. The largest absolute Gasteiger partial charge is 0.404 e. The molecule has 1 aromatic heterocycles. The number of amides is 1. The monoisotopic (exact) mass is 382 g/mol. The molecule has 0 unspecified atom stereocenters. The number of carbonyl (C=O) groups is 1.